The van der Waals surface area contributed by atoms with Crippen LogP contribution in [-0.4, -0.2) is 23.5 Å². The van der Waals surface area contributed by atoms with E-state index in [1.807, 2.05) is 10.3 Å². The van der Waals surface area contributed by atoms with E-state index in [1.54, 1.807) is 18.3 Å². The second-order valence-electron chi connectivity index (χ2n) is 4.67. The van der Waals surface area contributed by atoms with Gasteiger partial charge in [0.05, 0.1) is 0 Å². The maximum atomic E-state index is 13.1. The molecule has 1 amide bonds. The topological polar surface area (TPSA) is 45.2 Å². The molecule has 1 aliphatic heterocycles. The van der Waals surface area contributed by atoms with Crippen molar-refractivity contribution in [3.63, 3.8) is 0 Å². The van der Waals surface area contributed by atoms with Crippen molar-refractivity contribution in [1.82, 2.24) is 4.98 Å². The number of hydrogen-bond acceptors (Lipinski definition) is 4. The Bertz CT molecular complexity index is 602. The van der Waals surface area contributed by atoms with Crippen molar-refractivity contribution in [3.05, 3.63) is 41.7 Å². The predicted molar refractivity (Wildman–Crippen MR) is 77.5 cm³/mol. The van der Waals surface area contributed by atoms with Crippen LogP contribution in [0.4, 0.5) is 15.2 Å². The summed E-state index contributed by atoms with van der Waals surface area (Å²) in [7, 11) is 0. The van der Waals surface area contributed by atoms with E-state index in [9.17, 15) is 9.18 Å². The normalized spacial score (nSPS) is 18.2. The number of benzene rings is 1. The Hall–Kier alpha value is -1.95. The lowest BCUT2D eigenvalue weighted by molar-refractivity contribution is -0.117. The molecule has 6 heteroatoms. The number of carbonyl (C=O) groups is 1. The quantitative estimate of drug-likeness (QED) is 0.945. The van der Waals surface area contributed by atoms with Crippen LogP contribution in [0.1, 0.15) is 12.8 Å². The van der Waals surface area contributed by atoms with Gasteiger partial charge in [-0.05, 0) is 31.0 Å². The minimum atomic E-state index is -0.356. The Balaban J connectivity index is 1.73. The Labute approximate surface area is 120 Å². The smallest absolute Gasteiger partial charge is 0.247 e. The van der Waals surface area contributed by atoms with Crippen molar-refractivity contribution >= 4 is 28.1 Å². The first-order valence-corrected chi connectivity index (χ1v) is 7.34. The molecule has 4 nitrogen and oxygen atoms in total. The van der Waals surface area contributed by atoms with Crippen molar-refractivity contribution in [3.8, 4) is 0 Å². The van der Waals surface area contributed by atoms with Gasteiger partial charge in [0.25, 0.3) is 0 Å². The van der Waals surface area contributed by atoms with Gasteiger partial charge in [0.2, 0.25) is 5.91 Å². The zero-order chi connectivity index (χ0) is 13.9. The number of rotatable bonds is 3. The van der Waals surface area contributed by atoms with Gasteiger partial charge in [0.15, 0.2) is 5.13 Å². The molecule has 1 aromatic heterocycles. The van der Waals surface area contributed by atoms with E-state index in [2.05, 4.69) is 10.3 Å². The summed E-state index contributed by atoms with van der Waals surface area (Å²) in [5.74, 6) is -0.464. The van der Waals surface area contributed by atoms with Crippen LogP contribution in [0.5, 0.6) is 0 Å². The summed E-state index contributed by atoms with van der Waals surface area (Å²) in [6.45, 7) is 0.828. The van der Waals surface area contributed by atoms with Crippen LogP contribution in [0.2, 0.25) is 0 Å². The molecule has 1 atom stereocenters. The molecule has 1 saturated heterocycles. The molecular weight excluding hydrogens is 277 g/mol. The Kier molecular flexibility index (Phi) is 3.64. The fourth-order valence-corrected chi connectivity index (χ4v) is 3.14. The highest BCUT2D eigenvalue weighted by molar-refractivity contribution is 7.13. The van der Waals surface area contributed by atoms with Crippen LogP contribution in [0.15, 0.2) is 35.8 Å². The number of aromatic nitrogens is 1. The minimum Gasteiger partial charge on any atom is -0.336 e. The lowest BCUT2D eigenvalue weighted by Crippen LogP contribution is -2.39. The third-order valence-electron chi connectivity index (χ3n) is 3.31. The summed E-state index contributed by atoms with van der Waals surface area (Å²) in [5.41, 5.74) is 0.487. The number of amides is 1. The van der Waals surface area contributed by atoms with Crippen LogP contribution in [0.25, 0.3) is 0 Å². The molecule has 0 bridgehead atoms. The first-order valence-electron chi connectivity index (χ1n) is 6.46. The van der Waals surface area contributed by atoms with E-state index in [-0.39, 0.29) is 17.8 Å². The van der Waals surface area contributed by atoms with Gasteiger partial charge in [-0.2, -0.15) is 0 Å². The van der Waals surface area contributed by atoms with E-state index in [1.165, 1.54) is 23.5 Å². The number of anilines is 2. The third kappa shape index (κ3) is 2.65. The number of hydrogen-bond donors (Lipinski definition) is 1. The van der Waals surface area contributed by atoms with E-state index in [4.69, 9.17) is 0 Å². The molecule has 0 spiro atoms. The van der Waals surface area contributed by atoms with Crippen LogP contribution >= 0.6 is 11.3 Å². The van der Waals surface area contributed by atoms with Crippen molar-refractivity contribution in [2.24, 2.45) is 0 Å². The molecule has 0 aliphatic carbocycles. The second kappa shape index (κ2) is 5.58. The fraction of sp³-hybridized carbons (Fsp3) is 0.286. The number of nitrogens with one attached hydrogen (secondary N) is 1. The Morgan fingerprint density at radius 2 is 2.40 bits per heavy atom. The molecule has 1 N–H and O–H groups in total. The van der Waals surface area contributed by atoms with Gasteiger partial charge in [0, 0.05) is 23.8 Å². The average molecular weight is 291 g/mol. The van der Waals surface area contributed by atoms with Crippen LogP contribution in [-0.2, 0) is 4.79 Å². The van der Waals surface area contributed by atoms with Gasteiger partial charge in [-0.25, -0.2) is 9.37 Å². The fourth-order valence-electron chi connectivity index (χ4n) is 2.42. The SMILES string of the molecule is O=C(Nc1cccc(F)c1)[C@H]1CCCN1c1nccs1. The van der Waals surface area contributed by atoms with Gasteiger partial charge >= 0.3 is 0 Å². The largest absolute Gasteiger partial charge is 0.336 e. The van der Waals surface area contributed by atoms with Crippen molar-refractivity contribution in [1.29, 1.82) is 0 Å². The molecule has 0 radical (unpaired) electrons. The number of halogens is 1. The zero-order valence-electron chi connectivity index (χ0n) is 10.8. The van der Waals surface area contributed by atoms with Gasteiger partial charge in [-0.15, -0.1) is 11.3 Å². The number of carbonyl (C=O) groups excluding carboxylic acids is 1. The average Bonchev–Trinajstić information content (AvgIpc) is 3.09. The molecule has 2 aromatic rings. The first-order chi connectivity index (χ1) is 9.74. The predicted octanol–water partition coefficient (Wildman–Crippen LogP) is 2.89. The second-order valence-corrected chi connectivity index (χ2v) is 5.54. The molecule has 104 valence electrons. The highest BCUT2D eigenvalue weighted by Gasteiger charge is 2.32. The summed E-state index contributed by atoms with van der Waals surface area (Å²) in [4.78, 5) is 18.6. The molecule has 0 unspecified atom stereocenters. The van der Waals surface area contributed by atoms with Gasteiger partial charge in [0.1, 0.15) is 11.9 Å². The molecule has 1 aromatic carbocycles. The van der Waals surface area contributed by atoms with E-state index in [0.717, 1.165) is 24.5 Å². The van der Waals surface area contributed by atoms with E-state index >= 15 is 0 Å². The van der Waals surface area contributed by atoms with E-state index in [0.29, 0.717) is 5.69 Å². The van der Waals surface area contributed by atoms with Crippen molar-refractivity contribution in [2.75, 3.05) is 16.8 Å². The highest BCUT2D eigenvalue weighted by Crippen LogP contribution is 2.27. The zero-order valence-corrected chi connectivity index (χ0v) is 11.6. The molecule has 3 rings (SSSR count). The Morgan fingerprint density at radius 1 is 1.50 bits per heavy atom. The van der Waals surface area contributed by atoms with Gasteiger partial charge < -0.3 is 10.2 Å². The maximum Gasteiger partial charge on any atom is 0.247 e. The molecule has 2 heterocycles. The summed E-state index contributed by atoms with van der Waals surface area (Å²) >= 11 is 1.52. The van der Waals surface area contributed by atoms with Crippen LogP contribution in [0, 0.1) is 5.82 Å². The van der Waals surface area contributed by atoms with E-state index < -0.39 is 0 Å². The summed E-state index contributed by atoms with van der Waals surface area (Å²) in [6, 6.07) is 5.71. The maximum absolute atomic E-state index is 13.1. The van der Waals surface area contributed by atoms with Crippen LogP contribution in [0.3, 0.4) is 0 Å². The van der Waals surface area contributed by atoms with Crippen molar-refractivity contribution in [2.45, 2.75) is 18.9 Å². The standard InChI is InChI=1S/C14H14FN3OS/c15-10-3-1-4-11(9-10)17-13(19)12-5-2-7-18(12)14-16-6-8-20-14/h1,3-4,6,8-9,12H,2,5,7H2,(H,17,19)/t12-/m1/s1. The molecule has 0 saturated carbocycles. The summed E-state index contributed by atoms with van der Waals surface area (Å²) in [5, 5.41) is 5.53. The summed E-state index contributed by atoms with van der Waals surface area (Å²) in [6.07, 6.45) is 3.49. The first kappa shape index (κ1) is 13.1. The van der Waals surface area contributed by atoms with Crippen molar-refractivity contribution < 1.29 is 9.18 Å². The monoisotopic (exact) mass is 291 g/mol. The molecule has 1 fully saturated rings. The molecular formula is C14H14FN3OS. The third-order valence-corrected chi connectivity index (χ3v) is 4.12. The molecule has 20 heavy (non-hydrogen) atoms. The lowest BCUT2D eigenvalue weighted by Gasteiger charge is -2.23. The lowest BCUT2D eigenvalue weighted by atomic mass is 10.2. The Morgan fingerprint density at radius 3 is 3.15 bits per heavy atom. The highest BCUT2D eigenvalue weighted by atomic mass is 32.1. The number of thiazole rings is 1. The molecule has 1 aliphatic rings. The van der Waals surface area contributed by atoms with Crippen LogP contribution < -0.4 is 10.2 Å². The number of nitrogens with zero attached hydrogens (tertiary/aromatic N) is 2. The minimum absolute atomic E-state index is 0.108. The summed E-state index contributed by atoms with van der Waals surface area (Å²) < 4.78 is 13.1. The van der Waals surface area contributed by atoms with Gasteiger partial charge in [-0.1, -0.05) is 6.07 Å². The van der Waals surface area contributed by atoms with Gasteiger partial charge in [-0.3, -0.25) is 4.79 Å².